The topological polar surface area (TPSA) is 41.6 Å². The number of methoxy groups -OCH3 is 1. The number of nitrogens with one attached hydrogen (secondary N) is 1. The Morgan fingerprint density at radius 2 is 2.09 bits per heavy atom. The van der Waals surface area contributed by atoms with Crippen molar-refractivity contribution in [2.24, 2.45) is 5.92 Å². The number of nitrogens with zero attached hydrogens (tertiary/aromatic N) is 1. The summed E-state index contributed by atoms with van der Waals surface area (Å²) in [6.45, 7) is 4.97. The third kappa shape index (κ3) is 4.78. The van der Waals surface area contributed by atoms with Gasteiger partial charge in [-0.15, -0.1) is 0 Å². The molecular formula is C17H25FN2O2. The molecule has 1 aliphatic heterocycles. The summed E-state index contributed by atoms with van der Waals surface area (Å²) in [5.74, 6) is 0.298. The third-order valence-electron chi connectivity index (χ3n) is 4.35. The van der Waals surface area contributed by atoms with Gasteiger partial charge in [0.05, 0.1) is 0 Å². The van der Waals surface area contributed by atoms with Gasteiger partial charge < -0.3 is 10.1 Å². The molecule has 0 bridgehead atoms. The van der Waals surface area contributed by atoms with E-state index >= 15 is 0 Å². The van der Waals surface area contributed by atoms with Crippen LogP contribution in [0.4, 0.5) is 4.39 Å². The first-order valence-corrected chi connectivity index (χ1v) is 7.86. The van der Waals surface area contributed by atoms with E-state index in [9.17, 15) is 9.18 Å². The van der Waals surface area contributed by atoms with Gasteiger partial charge in [0.2, 0.25) is 5.91 Å². The molecule has 1 aromatic rings. The highest BCUT2D eigenvalue weighted by Gasteiger charge is 2.21. The second-order valence-electron chi connectivity index (χ2n) is 5.93. The van der Waals surface area contributed by atoms with Crippen molar-refractivity contribution in [3.8, 4) is 0 Å². The highest BCUT2D eigenvalue weighted by atomic mass is 19.1. The zero-order valence-corrected chi connectivity index (χ0v) is 13.3. The van der Waals surface area contributed by atoms with Gasteiger partial charge in [0, 0.05) is 25.8 Å². The Balaban J connectivity index is 1.72. The van der Waals surface area contributed by atoms with Crippen LogP contribution < -0.4 is 5.32 Å². The van der Waals surface area contributed by atoms with Crippen molar-refractivity contribution in [3.63, 3.8) is 0 Å². The van der Waals surface area contributed by atoms with E-state index in [0.29, 0.717) is 19.0 Å². The Morgan fingerprint density at radius 3 is 2.73 bits per heavy atom. The Labute approximate surface area is 131 Å². The van der Waals surface area contributed by atoms with E-state index in [1.165, 1.54) is 13.2 Å². The van der Waals surface area contributed by atoms with Crippen LogP contribution in [0.5, 0.6) is 0 Å². The number of rotatable bonds is 6. The lowest BCUT2D eigenvalue weighted by molar-refractivity contribution is -0.130. The van der Waals surface area contributed by atoms with E-state index < -0.39 is 6.10 Å². The predicted octanol–water partition coefficient (Wildman–Crippen LogP) is 2.19. The van der Waals surface area contributed by atoms with Crippen LogP contribution in [0.15, 0.2) is 24.3 Å². The maximum atomic E-state index is 13.7. The van der Waals surface area contributed by atoms with Crippen LogP contribution in [0.2, 0.25) is 0 Å². The number of amides is 1. The molecule has 1 aromatic carbocycles. The van der Waals surface area contributed by atoms with Gasteiger partial charge in [-0.05, 0) is 44.8 Å². The smallest absolute Gasteiger partial charge is 0.248 e. The number of carbonyl (C=O) groups excluding carboxylic acids is 1. The minimum Gasteiger partial charge on any atom is -0.372 e. The van der Waals surface area contributed by atoms with Gasteiger partial charge in [-0.25, -0.2) is 4.39 Å². The van der Waals surface area contributed by atoms with Crippen molar-refractivity contribution >= 4 is 5.91 Å². The lowest BCUT2D eigenvalue weighted by Crippen LogP contribution is -2.41. The minimum absolute atomic E-state index is 0.0590. The van der Waals surface area contributed by atoms with Gasteiger partial charge in [0.25, 0.3) is 0 Å². The van der Waals surface area contributed by atoms with Gasteiger partial charge in [-0.1, -0.05) is 18.2 Å². The summed E-state index contributed by atoms with van der Waals surface area (Å²) >= 11 is 0. The van der Waals surface area contributed by atoms with Crippen molar-refractivity contribution < 1.29 is 13.9 Å². The van der Waals surface area contributed by atoms with Crippen molar-refractivity contribution in [3.05, 3.63) is 35.6 Å². The highest BCUT2D eigenvalue weighted by Crippen LogP contribution is 2.19. The van der Waals surface area contributed by atoms with E-state index in [2.05, 4.69) is 10.2 Å². The molecule has 5 heteroatoms. The summed E-state index contributed by atoms with van der Waals surface area (Å²) in [7, 11) is 1.53. The lowest BCUT2D eigenvalue weighted by atomic mass is 9.96. The molecule has 1 atom stereocenters. The fraction of sp³-hybridized carbons (Fsp3) is 0.588. The van der Waals surface area contributed by atoms with Crippen molar-refractivity contribution in [1.29, 1.82) is 0 Å². The minimum atomic E-state index is -0.402. The van der Waals surface area contributed by atoms with Gasteiger partial charge in [-0.2, -0.15) is 0 Å². The molecule has 1 fully saturated rings. The molecule has 2 rings (SSSR count). The third-order valence-corrected chi connectivity index (χ3v) is 4.35. The van der Waals surface area contributed by atoms with Crippen LogP contribution in [-0.2, 0) is 16.1 Å². The number of benzene rings is 1. The van der Waals surface area contributed by atoms with Crippen LogP contribution in [-0.4, -0.2) is 43.7 Å². The Morgan fingerprint density at radius 1 is 1.41 bits per heavy atom. The van der Waals surface area contributed by atoms with Crippen molar-refractivity contribution in [1.82, 2.24) is 10.2 Å². The van der Waals surface area contributed by atoms with Gasteiger partial charge in [-0.3, -0.25) is 9.69 Å². The molecule has 0 saturated carbocycles. The van der Waals surface area contributed by atoms with Crippen molar-refractivity contribution in [2.45, 2.75) is 32.4 Å². The number of piperidine rings is 1. The molecule has 1 N–H and O–H groups in total. The van der Waals surface area contributed by atoms with E-state index in [0.717, 1.165) is 31.5 Å². The number of halogens is 1. The Hall–Kier alpha value is -1.46. The molecule has 1 aliphatic rings. The molecule has 4 nitrogen and oxygen atoms in total. The zero-order valence-electron chi connectivity index (χ0n) is 13.3. The average Bonchev–Trinajstić information content (AvgIpc) is 2.55. The molecule has 1 amide bonds. The molecule has 0 aliphatic carbocycles. The first kappa shape index (κ1) is 16.9. The van der Waals surface area contributed by atoms with Crippen LogP contribution in [0.3, 0.4) is 0 Å². The average molecular weight is 308 g/mol. The molecule has 0 spiro atoms. The first-order valence-electron chi connectivity index (χ1n) is 7.86. The second kappa shape index (κ2) is 8.25. The molecule has 1 saturated heterocycles. The van der Waals surface area contributed by atoms with Gasteiger partial charge in [0.15, 0.2) is 0 Å². The monoisotopic (exact) mass is 308 g/mol. The van der Waals surface area contributed by atoms with Crippen LogP contribution in [0.1, 0.15) is 25.3 Å². The number of hydrogen-bond donors (Lipinski definition) is 1. The number of carbonyl (C=O) groups is 1. The maximum Gasteiger partial charge on any atom is 0.248 e. The fourth-order valence-corrected chi connectivity index (χ4v) is 2.71. The normalized spacial score (nSPS) is 18.1. The lowest BCUT2D eigenvalue weighted by Gasteiger charge is -2.32. The number of hydrogen-bond acceptors (Lipinski definition) is 3. The zero-order chi connectivity index (χ0) is 15.9. The largest absolute Gasteiger partial charge is 0.372 e. The summed E-state index contributed by atoms with van der Waals surface area (Å²) in [5, 5.41) is 2.93. The van der Waals surface area contributed by atoms with E-state index in [4.69, 9.17) is 4.74 Å². The van der Waals surface area contributed by atoms with Gasteiger partial charge >= 0.3 is 0 Å². The summed E-state index contributed by atoms with van der Waals surface area (Å²) < 4.78 is 18.6. The fourth-order valence-electron chi connectivity index (χ4n) is 2.71. The summed E-state index contributed by atoms with van der Waals surface area (Å²) in [6, 6.07) is 6.94. The molecule has 1 unspecified atom stereocenters. The maximum absolute atomic E-state index is 13.7. The van der Waals surface area contributed by atoms with Crippen molar-refractivity contribution in [2.75, 3.05) is 26.7 Å². The molecule has 0 radical (unpaired) electrons. The first-order chi connectivity index (χ1) is 10.6. The Kier molecular flexibility index (Phi) is 6.34. The summed E-state index contributed by atoms with van der Waals surface area (Å²) in [5.41, 5.74) is 0.753. The van der Waals surface area contributed by atoms with E-state index in [1.54, 1.807) is 13.0 Å². The SMILES string of the molecule is COC(C)C(=O)NCC1CCN(Cc2ccccc2F)CC1. The van der Waals surface area contributed by atoms with E-state index in [1.807, 2.05) is 12.1 Å². The predicted molar refractivity (Wildman–Crippen MR) is 83.9 cm³/mol. The highest BCUT2D eigenvalue weighted by molar-refractivity contribution is 5.80. The molecule has 1 heterocycles. The summed E-state index contributed by atoms with van der Waals surface area (Å²) in [4.78, 5) is 13.9. The quantitative estimate of drug-likeness (QED) is 0.876. The van der Waals surface area contributed by atoms with Crippen LogP contribution in [0, 0.1) is 11.7 Å². The number of likely N-dealkylation sites (tertiary alicyclic amines) is 1. The standard InChI is InChI=1S/C17H25FN2O2/c1-13(22-2)17(21)19-11-14-7-9-20(10-8-14)12-15-5-3-4-6-16(15)18/h3-6,13-14H,7-12H2,1-2H3,(H,19,21). The molecule has 0 aromatic heterocycles. The van der Waals surface area contributed by atoms with E-state index in [-0.39, 0.29) is 11.7 Å². The number of ether oxygens (including phenoxy) is 1. The second-order valence-corrected chi connectivity index (χ2v) is 5.93. The molecular weight excluding hydrogens is 283 g/mol. The van der Waals surface area contributed by atoms with Crippen LogP contribution in [0.25, 0.3) is 0 Å². The van der Waals surface area contributed by atoms with Crippen LogP contribution >= 0.6 is 0 Å². The van der Waals surface area contributed by atoms with Gasteiger partial charge in [0.1, 0.15) is 11.9 Å². The molecule has 22 heavy (non-hydrogen) atoms. The molecule has 122 valence electrons. The Bertz CT molecular complexity index is 487. The summed E-state index contributed by atoms with van der Waals surface area (Å²) in [6.07, 6.45) is 1.65.